The molecule has 1 N–H and O–H groups in total. The molecule has 0 radical (unpaired) electrons. The van der Waals surface area contributed by atoms with Crippen molar-refractivity contribution in [3.63, 3.8) is 0 Å². The van der Waals surface area contributed by atoms with E-state index in [9.17, 15) is 10.1 Å². The van der Waals surface area contributed by atoms with Gasteiger partial charge < -0.3 is 9.30 Å². The molecule has 3 aromatic carbocycles. The van der Waals surface area contributed by atoms with E-state index in [4.69, 9.17) is 4.74 Å². The largest absolute Gasteiger partial charge is 0.491 e. The molecule has 0 fully saturated rings. The topological polar surface area (TPSA) is 92.8 Å². The maximum absolute atomic E-state index is 12.4. The van der Waals surface area contributed by atoms with E-state index in [1.54, 1.807) is 24.3 Å². The molecule has 0 saturated carbocycles. The third kappa shape index (κ3) is 5.42. The van der Waals surface area contributed by atoms with E-state index in [0.29, 0.717) is 34.4 Å². The van der Waals surface area contributed by atoms with Crippen LogP contribution in [0.5, 0.6) is 5.75 Å². The summed E-state index contributed by atoms with van der Waals surface area (Å²) >= 11 is 1.16. The van der Waals surface area contributed by atoms with E-state index in [1.165, 1.54) is 0 Å². The average molecular weight is 506 g/mol. The molecule has 0 bridgehead atoms. The van der Waals surface area contributed by atoms with Crippen molar-refractivity contribution in [2.45, 2.75) is 13.5 Å². The fourth-order valence-electron chi connectivity index (χ4n) is 3.99. The van der Waals surface area contributed by atoms with E-state index in [-0.39, 0.29) is 5.91 Å². The number of anilines is 1. The standard InChI is InChI=1S/C29H23N5O2S/c1-20-9-5-8-14-26(20)36-16-15-34-19-23(24-12-6-7-13-25(24)34)17-22(18-30)28-32-33-29(37-28)31-27(35)21-10-3-2-4-11-21/h2-14,17,19H,15-16H2,1H3,(H,31,33,35). The van der Waals surface area contributed by atoms with Crippen molar-refractivity contribution < 1.29 is 9.53 Å². The van der Waals surface area contributed by atoms with Crippen molar-refractivity contribution in [3.05, 3.63) is 107 Å². The molecule has 0 unspecified atom stereocenters. The van der Waals surface area contributed by atoms with Crippen LogP contribution in [0.15, 0.2) is 85.1 Å². The van der Waals surface area contributed by atoms with Gasteiger partial charge in [0, 0.05) is 28.2 Å². The van der Waals surface area contributed by atoms with Gasteiger partial charge in [0.25, 0.3) is 5.91 Å². The highest BCUT2D eigenvalue weighted by Gasteiger charge is 2.14. The highest BCUT2D eigenvalue weighted by molar-refractivity contribution is 7.16. The normalized spacial score (nSPS) is 11.3. The quantitative estimate of drug-likeness (QED) is 0.254. The summed E-state index contributed by atoms with van der Waals surface area (Å²) < 4.78 is 8.12. The van der Waals surface area contributed by atoms with Gasteiger partial charge in [-0.2, -0.15) is 5.26 Å². The molecule has 5 rings (SSSR count). The van der Waals surface area contributed by atoms with Crippen LogP contribution in [0.25, 0.3) is 22.6 Å². The molecule has 0 atom stereocenters. The first kappa shape index (κ1) is 24.0. The Morgan fingerprint density at radius 3 is 2.62 bits per heavy atom. The van der Waals surface area contributed by atoms with Gasteiger partial charge in [0.05, 0.1) is 12.1 Å². The van der Waals surface area contributed by atoms with Gasteiger partial charge in [-0.3, -0.25) is 10.1 Å². The number of hydrogen-bond acceptors (Lipinski definition) is 6. The summed E-state index contributed by atoms with van der Waals surface area (Å²) in [6.45, 7) is 3.19. The fourth-order valence-corrected chi connectivity index (χ4v) is 4.69. The van der Waals surface area contributed by atoms with E-state index in [1.807, 2.05) is 67.7 Å². The first-order valence-corrected chi connectivity index (χ1v) is 12.5. The minimum atomic E-state index is -0.276. The summed E-state index contributed by atoms with van der Waals surface area (Å²) in [6.07, 6.45) is 3.83. The molecule has 2 aromatic heterocycles. The van der Waals surface area contributed by atoms with Crippen molar-refractivity contribution in [2.75, 3.05) is 11.9 Å². The van der Waals surface area contributed by atoms with E-state index in [0.717, 1.165) is 39.1 Å². The predicted molar refractivity (Wildman–Crippen MR) is 146 cm³/mol. The van der Waals surface area contributed by atoms with Crippen LogP contribution in [0.3, 0.4) is 0 Å². The molecule has 0 aliphatic rings. The van der Waals surface area contributed by atoms with E-state index >= 15 is 0 Å². The molecular weight excluding hydrogens is 482 g/mol. The second-order valence-corrected chi connectivity index (χ2v) is 9.29. The molecule has 37 heavy (non-hydrogen) atoms. The Kier molecular flexibility index (Phi) is 7.06. The summed E-state index contributed by atoms with van der Waals surface area (Å²) in [4.78, 5) is 12.4. The molecule has 7 nitrogen and oxygen atoms in total. The second-order valence-electron chi connectivity index (χ2n) is 8.31. The van der Waals surface area contributed by atoms with Crippen LogP contribution >= 0.6 is 11.3 Å². The summed E-state index contributed by atoms with van der Waals surface area (Å²) in [5.41, 5.74) is 3.94. The summed E-state index contributed by atoms with van der Waals surface area (Å²) in [5, 5.41) is 22.6. The minimum absolute atomic E-state index is 0.276. The van der Waals surface area contributed by atoms with Crippen molar-refractivity contribution in [1.82, 2.24) is 14.8 Å². The van der Waals surface area contributed by atoms with Crippen molar-refractivity contribution >= 4 is 44.9 Å². The van der Waals surface area contributed by atoms with Crippen LogP contribution in [0.1, 0.15) is 26.5 Å². The van der Waals surface area contributed by atoms with E-state index < -0.39 is 0 Å². The number of ether oxygens (including phenoxy) is 1. The predicted octanol–water partition coefficient (Wildman–Crippen LogP) is 6.20. The molecule has 8 heteroatoms. The molecule has 0 saturated heterocycles. The van der Waals surface area contributed by atoms with Crippen LogP contribution in [-0.4, -0.2) is 27.3 Å². The number of rotatable bonds is 8. The lowest BCUT2D eigenvalue weighted by Crippen LogP contribution is -2.11. The van der Waals surface area contributed by atoms with Gasteiger partial charge in [-0.1, -0.05) is 65.9 Å². The average Bonchev–Trinajstić information content (AvgIpc) is 3.53. The zero-order valence-electron chi connectivity index (χ0n) is 20.1. The number of nitriles is 1. The molecule has 1 amide bonds. The van der Waals surface area contributed by atoms with Crippen LogP contribution in [0.4, 0.5) is 5.13 Å². The van der Waals surface area contributed by atoms with Gasteiger partial charge >= 0.3 is 0 Å². The van der Waals surface area contributed by atoms with Crippen LogP contribution in [-0.2, 0) is 6.54 Å². The number of aryl methyl sites for hydroxylation is 1. The number of fused-ring (bicyclic) bond motifs is 1. The number of carbonyl (C=O) groups is 1. The lowest BCUT2D eigenvalue weighted by atomic mass is 10.1. The van der Waals surface area contributed by atoms with Crippen LogP contribution in [0, 0.1) is 18.3 Å². The molecule has 0 aliphatic heterocycles. The third-order valence-corrected chi connectivity index (χ3v) is 6.71. The minimum Gasteiger partial charge on any atom is -0.491 e. The summed E-state index contributed by atoms with van der Waals surface area (Å²) in [6, 6.07) is 27.1. The van der Waals surface area contributed by atoms with Gasteiger partial charge in [-0.05, 0) is 42.8 Å². The van der Waals surface area contributed by atoms with Gasteiger partial charge in [-0.15, -0.1) is 10.2 Å². The summed E-state index contributed by atoms with van der Waals surface area (Å²) in [5.74, 6) is 0.596. The molecule has 2 heterocycles. The maximum Gasteiger partial charge on any atom is 0.257 e. The maximum atomic E-state index is 12.4. The first-order valence-electron chi connectivity index (χ1n) is 11.7. The number of carbonyl (C=O) groups excluding carboxylic acids is 1. The Morgan fingerprint density at radius 2 is 1.81 bits per heavy atom. The Morgan fingerprint density at radius 1 is 1.05 bits per heavy atom. The van der Waals surface area contributed by atoms with Crippen molar-refractivity contribution in [1.29, 1.82) is 5.26 Å². The van der Waals surface area contributed by atoms with Crippen LogP contribution in [0.2, 0.25) is 0 Å². The first-order chi connectivity index (χ1) is 18.1. The highest BCUT2D eigenvalue weighted by Crippen LogP contribution is 2.29. The Labute approximate surface area is 218 Å². The Hall–Kier alpha value is -4.74. The Bertz CT molecular complexity index is 1630. The van der Waals surface area contributed by atoms with Crippen molar-refractivity contribution in [3.8, 4) is 11.8 Å². The lowest BCUT2D eigenvalue weighted by molar-refractivity contribution is 0.102. The summed E-state index contributed by atoms with van der Waals surface area (Å²) in [7, 11) is 0. The van der Waals surface area contributed by atoms with Crippen LogP contribution < -0.4 is 10.1 Å². The number of nitrogens with zero attached hydrogens (tertiary/aromatic N) is 4. The Balaban J connectivity index is 1.36. The third-order valence-electron chi connectivity index (χ3n) is 5.83. The number of benzene rings is 3. The molecular formula is C29H23N5O2S. The van der Waals surface area contributed by atoms with Gasteiger partial charge in [0.1, 0.15) is 18.4 Å². The van der Waals surface area contributed by atoms with E-state index in [2.05, 4.69) is 32.2 Å². The molecule has 5 aromatic rings. The number of nitrogens with one attached hydrogen (secondary N) is 1. The zero-order valence-corrected chi connectivity index (χ0v) is 20.9. The number of allylic oxidation sites excluding steroid dienone is 1. The fraction of sp³-hybridized carbons (Fsp3) is 0.103. The number of para-hydroxylation sites is 2. The highest BCUT2D eigenvalue weighted by atomic mass is 32.1. The van der Waals surface area contributed by atoms with Gasteiger partial charge in [0.2, 0.25) is 5.13 Å². The molecule has 0 spiro atoms. The zero-order chi connectivity index (χ0) is 25.6. The SMILES string of the molecule is Cc1ccccc1OCCn1cc(C=C(C#N)c2nnc(NC(=O)c3ccccc3)s2)c2ccccc21. The molecule has 182 valence electrons. The van der Waals surface area contributed by atoms with Crippen molar-refractivity contribution in [2.24, 2.45) is 0 Å². The molecule has 0 aliphatic carbocycles. The van der Waals surface area contributed by atoms with Gasteiger partial charge in [-0.25, -0.2) is 0 Å². The second kappa shape index (κ2) is 10.9. The smallest absolute Gasteiger partial charge is 0.257 e. The number of aromatic nitrogens is 3. The number of hydrogen-bond donors (Lipinski definition) is 1. The monoisotopic (exact) mass is 505 g/mol. The lowest BCUT2D eigenvalue weighted by Gasteiger charge is -2.10. The van der Waals surface area contributed by atoms with Gasteiger partial charge in [0.15, 0.2) is 5.01 Å². The number of amides is 1.